The van der Waals surface area contributed by atoms with Crippen LogP contribution in [0.5, 0.6) is 5.75 Å². The second kappa shape index (κ2) is 4.33. The van der Waals surface area contributed by atoms with Crippen LogP contribution in [0.15, 0.2) is 30.3 Å². The van der Waals surface area contributed by atoms with Crippen LogP contribution >= 0.6 is 0 Å². The maximum absolute atomic E-state index is 11.0. The summed E-state index contributed by atoms with van der Waals surface area (Å²) in [5.41, 5.74) is 1.57. The second-order valence-corrected chi connectivity index (χ2v) is 4.72. The van der Waals surface area contributed by atoms with E-state index in [9.17, 15) is 9.90 Å². The molecule has 0 bridgehead atoms. The van der Waals surface area contributed by atoms with Crippen molar-refractivity contribution in [2.75, 3.05) is 18.0 Å². The molecule has 3 nitrogen and oxygen atoms in total. The molecule has 2 aromatic rings. The van der Waals surface area contributed by atoms with E-state index in [-0.39, 0.29) is 5.75 Å². The Morgan fingerprint density at radius 3 is 2.61 bits per heavy atom. The van der Waals surface area contributed by atoms with E-state index in [1.165, 1.54) is 18.5 Å². The zero-order chi connectivity index (χ0) is 12.5. The summed E-state index contributed by atoms with van der Waals surface area (Å²) < 4.78 is 0. The van der Waals surface area contributed by atoms with E-state index < -0.39 is 0 Å². The van der Waals surface area contributed by atoms with Crippen molar-refractivity contribution >= 4 is 22.7 Å². The van der Waals surface area contributed by atoms with Crippen LogP contribution in [0.4, 0.5) is 5.69 Å². The van der Waals surface area contributed by atoms with E-state index in [4.69, 9.17) is 0 Å². The molecule has 0 unspecified atom stereocenters. The molecule has 0 aliphatic carbocycles. The summed E-state index contributed by atoms with van der Waals surface area (Å²) in [6.45, 7) is 2.20. The summed E-state index contributed by atoms with van der Waals surface area (Å²) in [4.78, 5) is 13.4. The highest BCUT2D eigenvalue weighted by molar-refractivity contribution is 6.01. The molecule has 1 fully saturated rings. The van der Waals surface area contributed by atoms with Gasteiger partial charge in [-0.25, -0.2) is 0 Å². The standard InChI is InChI=1S/C15H15NO2/c17-10-14-13-5-4-12(16-7-1-2-8-16)9-11(13)3-6-15(14)18/h3-6,9-10,18H,1-2,7-8H2. The molecular formula is C15H15NO2. The van der Waals surface area contributed by atoms with Crippen molar-refractivity contribution in [1.82, 2.24) is 0 Å². The van der Waals surface area contributed by atoms with Crippen molar-refractivity contribution in [1.29, 1.82) is 0 Å². The molecular weight excluding hydrogens is 226 g/mol. The van der Waals surface area contributed by atoms with Crippen LogP contribution < -0.4 is 4.90 Å². The average Bonchev–Trinajstić information content (AvgIpc) is 2.92. The molecule has 0 radical (unpaired) electrons. The van der Waals surface area contributed by atoms with Gasteiger partial charge >= 0.3 is 0 Å². The number of anilines is 1. The van der Waals surface area contributed by atoms with E-state index in [1.54, 1.807) is 6.07 Å². The van der Waals surface area contributed by atoms with E-state index in [0.717, 1.165) is 23.9 Å². The van der Waals surface area contributed by atoms with Crippen LogP contribution in [0, 0.1) is 0 Å². The van der Waals surface area contributed by atoms with Crippen LogP contribution in [-0.4, -0.2) is 24.5 Å². The Hall–Kier alpha value is -2.03. The van der Waals surface area contributed by atoms with Crippen molar-refractivity contribution in [2.45, 2.75) is 12.8 Å². The first kappa shape index (κ1) is 11.1. The molecule has 0 aromatic heterocycles. The Balaban J connectivity index is 2.13. The molecule has 0 saturated carbocycles. The number of fused-ring (bicyclic) bond motifs is 1. The number of hydrogen-bond acceptors (Lipinski definition) is 3. The minimum absolute atomic E-state index is 0.0476. The fraction of sp³-hybridized carbons (Fsp3) is 0.267. The smallest absolute Gasteiger partial charge is 0.154 e. The minimum Gasteiger partial charge on any atom is -0.507 e. The molecule has 1 N–H and O–H groups in total. The van der Waals surface area contributed by atoms with E-state index in [2.05, 4.69) is 11.0 Å². The lowest BCUT2D eigenvalue weighted by Crippen LogP contribution is -2.17. The number of aldehydes is 1. The first-order valence-corrected chi connectivity index (χ1v) is 6.25. The predicted molar refractivity (Wildman–Crippen MR) is 72.4 cm³/mol. The quantitative estimate of drug-likeness (QED) is 0.822. The molecule has 2 aromatic carbocycles. The Kier molecular flexibility index (Phi) is 2.67. The highest BCUT2D eigenvalue weighted by atomic mass is 16.3. The Morgan fingerprint density at radius 1 is 1.11 bits per heavy atom. The van der Waals surface area contributed by atoms with Crippen LogP contribution in [0.1, 0.15) is 23.2 Å². The van der Waals surface area contributed by atoms with Crippen molar-refractivity contribution in [3.63, 3.8) is 0 Å². The largest absolute Gasteiger partial charge is 0.507 e. The zero-order valence-electron chi connectivity index (χ0n) is 10.1. The number of phenolic OH excluding ortho intramolecular Hbond substituents is 1. The molecule has 0 amide bonds. The van der Waals surface area contributed by atoms with Crippen molar-refractivity contribution in [3.8, 4) is 5.75 Å². The van der Waals surface area contributed by atoms with Crippen LogP contribution in [-0.2, 0) is 0 Å². The Bertz CT molecular complexity index is 601. The van der Waals surface area contributed by atoms with Gasteiger partial charge in [0, 0.05) is 18.8 Å². The monoisotopic (exact) mass is 241 g/mol. The third kappa shape index (κ3) is 1.72. The number of rotatable bonds is 2. The lowest BCUT2D eigenvalue weighted by Gasteiger charge is -2.18. The van der Waals surface area contributed by atoms with Gasteiger partial charge in [-0.05, 0) is 41.8 Å². The maximum Gasteiger partial charge on any atom is 0.154 e. The third-order valence-corrected chi connectivity index (χ3v) is 3.61. The van der Waals surface area contributed by atoms with Crippen molar-refractivity contribution < 1.29 is 9.90 Å². The SMILES string of the molecule is O=Cc1c(O)ccc2cc(N3CCCC3)ccc12. The molecule has 92 valence electrons. The Labute approximate surface area is 106 Å². The number of aromatic hydroxyl groups is 1. The van der Waals surface area contributed by atoms with Crippen LogP contribution in [0.2, 0.25) is 0 Å². The summed E-state index contributed by atoms with van der Waals surface area (Å²) in [5.74, 6) is 0.0476. The lowest BCUT2D eigenvalue weighted by molar-refractivity contribution is 0.112. The number of carbonyl (C=O) groups is 1. The summed E-state index contributed by atoms with van der Waals surface area (Å²) in [6, 6.07) is 9.48. The van der Waals surface area contributed by atoms with Gasteiger partial charge in [-0.2, -0.15) is 0 Å². The molecule has 1 saturated heterocycles. The average molecular weight is 241 g/mol. The molecule has 1 heterocycles. The maximum atomic E-state index is 11.0. The molecule has 1 aliphatic heterocycles. The van der Waals surface area contributed by atoms with E-state index in [1.807, 2.05) is 18.2 Å². The first-order valence-electron chi connectivity index (χ1n) is 6.25. The highest BCUT2D eigenvalue weighted by Gasteiger charge is 2.13. The van der Waals surface area contributed by atoms with Gasteiger partial charge in [0.2, 0.25) is 0 Å². The zero-order valence-corrected chi connectivity index (χ0v) is 10.1. The number of hydrogen-bond donors (Lipinski definition) is 1. The minimum atomic E-state index is 0.0476. The lowest BCUT2D eigenvalue weighted by atomic mass is 10.0. The number of phenols is 1. The summed E-state index contributed by atoms with van der Waals surface area (Å²) in [6.07, 6.45) is 3.20. The van der Waals surface area contributed by atoms with Gasteiger partial charge in [0.15, 0.2) is 6.29 Å². The fourth-order valence-electron chi connectivity index (χ4n) is 2.63. The third-order valence-electron chi connectivity index (χ3n) is 3.61. The normalized spacial score (nSPS) is 15.2. The molecule has 1 aliphatic rings. The molecule has 18 heavy (non-hydrogen) atoms. The van der Waals surface area contributed by atoms with Crippen LogP contribution in [0.25, 0.3) is 10.8 Å². The molecule has 0 atom stereocenters. The molecule has 3 heteroatoms. The van der Waals surface area contributed by atoms with Gasteiger partial charge in [-0.1, -0.05) is 12.1 Å². The molecule has 0 spiro atoms. The summed E-state index contributed by atoms with van der Waals surface area (Å²) in [5, 5.41) is 11.5. The van der Waals surface area contributed by atoms with E-state index >= 15 is 0 Å². The van der Waals surface area contributed by atoms with E-state index in [0.29, 0.717) is 11.8 Å². The van der Waals surface area contributed by atoms with Crippen molar-refractivity contribution in [2.24, 2.45) is 0 Å². The second-order valence-electron chi connectivity index (χ2n) is 4.72. The fourth-order valence-corrected chi connectivity index (χ4v) is 2.63. The van der Waals surface area contributed by atoms with Gasteiger partial charge in [0.1, 0.15) is 5.75 Å². The number of carbonyl (C=O) groups excluding carboxylic acids is 1. The topological polar surface area (TPSA) is 40.5 Å². The number of benzene rings is 2. The summed E-state index contributed by atoms with van der Waals surface area (Å²) >= 11 is 0. The first-order chi connectivity index (χ1) is 8.79. The predicted octanol–water partition coefficient (Wildman–Crippen LogP) is 2.96. The number of nitrogens with zero attached hydrogens (tertiary/aromatic N) is 1. The van der Waals surface area contributed by atoms with Gasteiger partial charge in [-0.3, -0.25) is 4.79 Å². The van der Waals surface area contributed by atoms with Gasteiger partial charge in [0.05, 0.1) is 5.56 Å². The highest BCUT2D eigenvalue weighted by Crippen LogP contribution is 2.30. The van der Waals surface area contributed by atoms with Gasteiger partial charge in [0.25, 0.3) is 0 Å². The van der Waals surface area contributed by atoms with Crippen LogP contribution in [0.3, 0.4) is 0 Å². The Morgan fingerprint density at radius 2 is 1.89 bits per heavy atom. The summed E-state index contributed by atoms with van der Waals surface area (Å²) in [7, 11) is 0. The van der Waals surface area contributed by atoms with Gasteiger partial charge < -0.3 is 10.0 Å². The van der Waals surface area contributed by atoms with Crippen molar-refractivity contribution in [3.05, 3.63) is 35.9 Å². The van der Waals surface area contributed by atoms with Gasteiger partial charge in [-0.15, -0.1) is 0 Å². The molecule has 3 rings (SSSR count).